The zero-order valence-electron chi connectivity index (χ0n) is 6.90. The zero-order chi connectivity index (χ0) is 8.55. The van der Waals surface area contributed by atoms with E-state index in [4.69, 9.17) is 9.84 Å². The molecule has 0 aromatic heterocycles. The Kier molecular flexibility index (Phi) is 1.92. The van der Waals surface area contributed by atoms with Crippen LogP contribution in [0.2, 0.25) is 0 Å². The van der Waals surface area contributed by atoms with E-state index in [1.807, 2.05) is 0 Å². The molecule has 1 amide bonds. The molecule has 4 heteroatoms. The Morgan fingerprint density at radius 3 is 2.50 bits per heavy atom. The van der Waals surface area contributed by atoms with Crippen molar-refractivity contribution >= 4 is 6.09 Å². The van der Waals surface area contributed by atoms with Crippen molar-refractivity contribution in [3.8, 4) is 0 Å². The summed E-state index contributed by atoms with van der Waals surface area (Å²) in [5.74, 6) is 0. The van der Waals surface area contributed by atoms with Crippen molar-refractivity contribution < 1.29 is 14.6 Å². The first-order valence-corrected chi connectivity index (χ1v) is 4.39. The fraction of sp³-hybridized carbons (Fsp3) is 0.875. The van der Waals surface area contributed by atoms with Crippen molar-refractivity contribution in [2.45, 2.75) is 31.5 Å². The number of hydrogen-bond donors (Lipinski definition) is 1. The quantitative estimate of drug-likeness (QED) is 0.619. The summed E-state index contributed by atoms with van der Waals surface area (Å²) in [7, 11) is 0. The molecule has 2 aliphatic rings. The molecule has 0 unspecified atom stereocenters. The van der Waals surface area contributed by atoms with Crippen molar-refractivity contribution in [3.63, 3.8) is 0 Å². The van der Waals surface area contributed by atoms with Crippen LogP contribution in [0.5, 0.6) is 0 Å². The van der Waals surface area contributed by atoms with E-state index in [0.717, 1.165) is 12.8 Å². The van der Waals surface area contributed by atoms with Crippen LogP contribution >= 0.6 is 0 Å². The van der Waals surface area contributed by atoms with Crippen molar-refractivity contribution in [3.05, 3.63) is 0 Å². The van der Waals surface area contributed by atoms with Crippen LogP contribution in [0.15, 0.2) is 0 Å². The number of ether oxygens (including phenoxy) is 1. The number of hydrogen-bond acceptors (Lipinski definition) is 3. The summed E-state index contributed by atoms with van der Waals surface area (Å²) in [5.41, 5.74) is 0. The third kappa shape index (κ3) is 1.39. The summed E-state index contributed by atoms with van der Waals surface area (Å²) in [4.78, 5) is 12.7. The first-order valence-electron chi connectivity index (χ1n) is 4.39. The molecule has 1 heterocycles. The number of β-amino-alcohol motifs (C(OH)–C–C–N with tert-alkyl or cyclic N) is 1. The van der Waals surface area contributed by atoms with Gasteiger partial charge in [0.05, 0.1) is 19.2 Å². The van der Waals surface area contributed by atoms with Gasteiger partial charge >= 0.3 is 6.09 Å². The molecule has 12 heavy (non-hydrogen) atoms. The molecule has 1 saturated heterocycles. The van der Waals surface area contributed by atoms with Crippen LogP contribution in [0.3, 0.4) is 0 Å². The number of rotatable bonds is 1. The highest BCUT2D eigenvalue weighted by Crippen LogP contribution is 2.23. The molecule has 1 saturated carbocycles. The van der Waals surface area contributed by atoms with Gasteiger partial charge in [0.15, 0.2) is 0 Å². The minimum atomic E-state index is -0.334. The summed E-state index contributed by atoms with van der Waals surface area (Å²) >= 11 is 0. The Morgan fingerprint density at radius 2 is 2.08 bits per heavy atom. The molecular formula is C8H13NO3. The minimum Gasteiger partial charge on any atom is -0.446 e. The Bertz CT molecular complexity index is 185. The number of aliphatic hydroxyl groups excluding tert-OH is 1. The van der Waals surface area contributed by atoms with Crippen LogP contribution in [0, 0.1) is 0 Å². The number of amides is 1. The SMILES string of the molecule is O=C(OC1CCC1)N1CC(O)C1. The molecule has 0 spiro atoms. The van der Waals surface area contributed by atoms with Gasteiger partial charge < -0.3 is 14.7 Å². The highest BCUT2D eigenvalue weighted by atomic mass is 16.6. The predicted octanol–water partition coefficient (Wildman–Crippen LogP) is 0.352. The van der Waals surface area contributed by atoms with E-state index < -0.39 is 0 Å². The lowest BCUT2D eigenvalue weighted by Gasteiger charge is -2.37. The van der Waals surface area contributed by atoms with Gasteiger partial charge in [0.25, 0.3) is 0 Å². The second kappa shape index (κ2) is 2.94. The van der Waals surface area contributed by atoms with E-state index in [9.17, 15) is 4.79 Å². The summed E-state index contributed by atoms with van der Waals surface area (Å²) < 4.78 is 5.11. The number of carbonyl (C=O) groups is 1. The first kappa shape index (κ1) is 7.86. The third-order valence-electron chi connectivity index (χ3n) is 2.44. The first-order chi connectivity index (χ1) is 5.75. The lowest BCUT2D eigenvalue weighted by molar-refractivity contribution is -0.0276. The van der Waals surface area contributed by atoms with Crippen LogP contribution in [0.4, 0.5) is 4.79 Å². The number of likely N-dealkylation sites (tertiary alicyclic amines) is 1. The van der Waals surface area contributed by atoms with E-state index in [1.165, 1.54) is 11.3 Å². The lowest BCUT2D eigenvalue weighted by atomic mass is 9.96. The average Bonchev–Trinajstić information content (AvgIpc) is 1.90. The van der Waals surface area contributed by atoms with Crippen molar-refractivity contribution in [1.29, 1.82) is 0 Å². The van der Waals surface area contributed by atoms with Gasteiger partial charge in [-0.3, -0.25) is 0 Å². The molecular weight excluding hydrogens is 158 g/mol. The molecule has 1 N–H and O–H groups in total. The smallest absolute Gasteiger partial charge is 0.410 e. The highest BCUT2D eigenvalue weighted by Gasteiger charge is 2.32. The van der Waals surface area contributed by atoms with Crippen LogP contribution in [-0.2, 0) is 4.74 Å². The van der Waals surface area contributed by atoms with Crippen LogP contribution in [0.25, 0.3) is 0 Å². The fourth-order valence-electron chi connectivity index (χ4n) is 1.31. The Balaban J connectivity index is 1.70. The van der Waals surface area contributed by atoms with Gasteiger partial charge in [0.2, 0.25) is 0 Å². The van der Waals surface area contributed by atoms with Gasteiger partial charge in [-0.05, 0) is 19.3 Å². The molecule has 68 valence electrons. The summed E-state index contributed by atoms with van der Waals surface area (Å²) in [5, 5.41) is 8.92. The Morgan fingerprint density at radius 1 is 1.42 bits per heavy atom. The van der Waals surface area contributed by atoms with E-state index >= 15 is 0 Å². The van der Waals surface area contributed by atoms with Gasteiger partial charge in [0, 0.05) is 0 Å². The average molecular weight is 171 g/mol. The second-order valence-electron chi connectivity index (χ2n) is 3.50. The monoisotopic (exact) mass is 171 g/mol. The highest BCUT2D eigenvalue weighted by molar-refractivity contribution is 5.69. The molecule has 1 aliphatic heterocycles. The maximum Gasteiger partial charge on any atom is 0.410 e. The molecule has 0 bridgehead atoms. The van der Waals surface area contributed by atoms with Crippen molar-refractivity contribution in [2.24, 2.45) is 0 Å². The molecule has 2 rings (SSSR count). The number of nitrogens with zero attached hydrogens (tertiary/aromatic N) is 1. The third-order valence-corrected chi connectivity index (χ3v) is 2.44. The standard InChI is InChI=1S/C8H13NO3/c10-6-4-9(5-6)8(11)12-7-2-1-3-7/h6-7,10H,1-5H2. The maximum absolute atomic E-state index is 11.2. The largest absolute Gasteiger partial charge is 0.446 e. The molecule has 0 atom stereocenters. The fourth-order valence-corrected chi connectivity index (χ4v) is 1.31. The molecule has 2 fully saturated rings. The summed E-state index contributed by atoms with van der Waals surface area (Å²) in [6, 6.07) is 0. The lowest BCUT2D eigenvalue weighted by Crippen LogP contribution is -2.54. The zero-order valence-corrected chi connectivity index (χ0v) is 6.90. The molecule has 1 aliphatic carbocycles. The summed E-state index contributed by atoms with van der Waals surface area (Å²) in [6.07, 6.45) is 2.73. The summed E-state index contributed by atoms with van der Waals surface area (Å²) in [6.45, 7) is 0.872. The molecule has 4 nitrogen and oxygen atoms in total. The Hall–Kier alpha value is -0.770. The van der Waals surface area contributed by atoms with E-state index in [-0.39, 0.29) is 18.3 Å². The van der Waals surface area contributed by atoms with Crippen LogP contribution < -0.4 is 0 Å². The second-order valence-corrected chi connectivity index (χ2v) is 3.50. The maximum atomic E-state index is 11.2. The molecule has 0 aromatic rings. The minimum absolute atomic E-state index is 0.148. The predicted molar refractivity (Wildman–Crippen MR) is 41.7 cm³/mol. The normalized spacial score (nSPS) is 24.6. The molecule has 0 radical (unpaired) electrons. The van der Waals surface area contributed by atoms with Crippen molar-refractivity contribution in [2.75, 3.05) is 13.1 Å². The number of carbonyl (C=O) groups excluding carboxylic acids is 1. The van der Waals surface area contributed by atoms with E-state index in [1.54, 1.807) is 0 Å². The van der Waals surface area contributed by atoms with E-state index in [0.29, 0.717) is 13.1 Å². The topological polar surface area (TPSA) is 49.8 Å². The molecule has 0 aromatic carbocycles. The van der Waals surface area contributed by atoms with Crippen LogP contribution in [-0.4, -0.2) is 41.4 Å². The number of aliphatic hydroxyl groups is 1. The van der Waals surface area contributed by atoms with Gasteiger partial charge in [-0.1, -0.05) is 0 Å². The van der Waals surface area contributed by atoms with Crippen LogP contribution in [0.1, 0.15) is 19.3 Å². The van der Waals surface area contributed by atoms with Gasteiger partial charge in [0.1, 0.15) is 6.10 Å². The van der Waals surface area contributed by atoms with Gasteiger partial charge in [-0.15, -0.1) is 0 Å². The van der Waals surface area contributed by atoms with Gasteiger partial charge in [-0.25, -0.2) is 4.79 Å². The van der Waals surface area contributed by atoms with Crippen molar-refractivity contribution in [1.82, 2.24) is 4.90 Å². The van der Waals surface area contributed by atoms with Gasteiger partial charge in [-0.2, -0.15) is 0 Å². The van der Waals surface area contributed by atoms with E-state index in [2.05, 4.69) is 0 Å². The Labute approximate surface area is 71.1 Å².